The summed E-state index contributed by atoms with van der Waals surface area (Å²) in [4.78, 5) is 25.0. The summed E-state index contributed by atoms with van der Waals surface area (Å²) in [6.07, 6.45) is 5.74. The average molecular weight is 363 g/mol. The second-order valence-corrected chi connectivity index (χ2v) is 6.66. The zero-order chi connectivity index (χ0) is 15.7. The minimum Gasteiger partial charge on any atom is -0.352 e. The van der Waals surface area contributed by atoms with Crippen LogP contribution < -0.4 is 10.7 Å². The Kier molecular flexibility index (Phi) is 4.34. The largest absolute Gasteiger partial charge is 0.352 e. The Morgan fingerprint density at radius 1 is 1.36 bits per heavy atom. The maximum Gasteiger partial charge on any atom is 0.256 e. The monoisotopic (exact) mass is 362 g/mol. The van der Waals surface area contributed by atoms with Crippen LogP contribution in [-0.4, -0.2) is 17.0 Å². The molecular weight excluding hydrogens is 344 g/mol. The van der Waals surface area contributed by atoms with Gasteiger partial charge in [0.05, 0.1) is 5.52 Å². The molecule has 0 bridgehead atoms. The number of carbonyl (C=O) groups excluding carboxylic acids is 1. The first kappa shape index (κ1) is 15.3. The van der Waals surface area contributed by atoms with Crippen molar-refractivity contribution in [3.05, 3.63) is 44.2 Å². The van der Waals surface area contributed by atoms with Gasteiger partial charge in [-0.05, 0) is 30.5 Å². The van der Waals surface area contributed by atoms with Gasteiger partial charge in [0.15, 0.2) is 0 Å². The van der Waals surface area contributed by atoms with Gasteiger partial charge in [-0.2, -0.15) is 0 Å². The van der Waals surface area contributed by atoms with E-state index in [-0.39, 0.29) is 16.9 Å². The number of nitrogens with one attached hydrogen (secondary N) is 1. The van der Waals surface area contributed by atoms with Crippen LogP contribution in [0, 0.1) is 0 Å². The van der Waals surface area contributed by atoms with Gasteiger partial charge < -0.3 is 9.88 Å². The molecule has 1 aromatic heterocycles. The van der Waals surface area contributed by atoms with Crippen molar-refractivity contribution in [2.45, 2.75) is 39.2 Å². The molecule has 0 spiro atoms. The van der Waals surface area contributed by atoms with Crippen molar-refractivity contribution in [2.24, 2.45) is 0 Å². The molecule has 1 amide bonds. The van der Waals surface area contributed by atoms with E-state index in [9.17, 15) is 9.59 Å². The van der Waals surface area contributed by atoms with Crippen molar-refractivity contribution < 1.29 is 4.79 Å². The number of benzene rings is 1. The van der Waals surface area contributed by atoms with E-state index in [4.69, 9.17) is 0 Å². The minimum absolute atomic E-state index is 0.177. The lowest BCUT2D eigenvalue weighted by Gasteiger charge is -2.09. The molecule has 22 heavy (non-hydrogen) atoms. The second-order valence-electron chi connectivity index (χ2n) is 5.74. The van der Waals surface area contributed by atoms with Crippen molar-refractivity contribution in [3.8, 4) is 0 Å². The fraction of sp³-hybridized carbons (Fsp3) is 0.412. The van der Waals surface area contributed by atoms with Gasteiger partial charge in [-0.1, -0.05) is 35.7 Å². The van der Waals surface area contributed by atoms with E-state index in [2.05, 4.69) is 34.2 Å². The van der Waals surface area contributed by atoms with Crippen LogP contribution in [0.4, 0.5) is 0 Å². The third kappa shape index (κ3) is 2.70. The number of hydrogen-bond acceptors (Lipinski definition) is 2. The van der Waals surface area contributed by atoms with Crippen molar-refractivity contribution in [3.63, 3.8) is 0 Å². The molecule has 1 aliphatic rings. The van der Waals surface area contributed by atoms with E-state index in [1.54, 1.807) is 6.20 Å². The highest BCUT2D eigenvalue weighted by atomic mass is 79.9. The summed E-state index contributed by atoms with van der Waals surface area (Å²) in [5, 5.41) is 3.49. The molecule has 1 aromatic carbocycles. The number of nitrogens with zero attached hydrogens (tertiary/aromatic N) is 1. The average Bonchev–Trinajstić information content (AvgIpc) is 2.90. The van der Waals surface area contributed by atoms with Gasteiger partial charge in [0.2, 0.25) is 5.43 Å². The predicted octanol–water partition coefficient (Wildman–Crippen LogP) is 3.24. The Hall–Kier alpha value is -1.62. The Labute approximate surface area is 137 Å². The lowest BCUT2D eigenvalue weighted by molar-refractivity contribution is 0.0951. The molecule has 0 unspecified atom stereocenters. The maximum atomic E-state index is 12.6. The van der Waals surface area contributed by atoms with Gasteiger partial charge in [-0.3, -0.25) is 9.59 Å². The number of pyridine rings is 1. The number of halogens is 1. The number of carbonyl (C=O) groups is 1. The molecule has 0 saturated heterocycles. The fourth-order valence-corrected chi connectivity index (χ4v) is 3.54. The molecule has 2 aromatic rings. The van der Waals surface area contributed by atoms with Crippen LogP contribution in [0.25, 0.3) is 10.9 Å². The van der Waals surface area contributed by atoms with E-state index in [0.717, 1.165) is 47.8 Å². The molecule has 1 aliphatic heterocycles. The number of amides is 1. The Morgan fingerprint density at radius 2 is 2.18 bits per heavy atom. The minimum atomic E-state index is -0.264. The summed E-state index contributed by atoms with van der Waals surface area (Å²) in [6.45, 7) is 3.56. The van der Waals surface area contributed by atoms with E-state index < -0.39 is 0 Å². The van der Waals surface area contributed by atoms with Gasteiger partial charge in [0.25, 0.3) is 5.91 Å². The summed E-state index contributed by atoms with van der Waals surface area (Å²) in [7, 11) is 0. The molecule has 3 rings (SSSR count). The topological polar surface area (TPSA) is 51.1 Å². The maximum absolute atomic E-state index is 12.6. The summed E-state index contributed by atoms with van der Waals surface area (Å²) < 4.78 is 2.92. The van der Waals surface area contributed by atoms with Crippen LogP contribution in [0.2, 0.25) is 0 Å². The van der Waals surface area contributed by atoms with Crippen molar-refractivity contribution in [1.82, 2.24) is 9.88 Å². The molecule has 0 atom stereocenters. The summed E-state index contributed by atoms with van der Waals surface area (Å²) in [6, 6.07) is 3.87. The van der Waals surface area contributed by atoms with E-state index in [0.29, 0.717) is 11.9 Å². The first-order valence-electron chi connectivity index (χ1n) is 7.75. The highest BCUT2D eigenvalue weighted by molar-refractivity contribution is 9.10. The van der Waals surface area contributed by atoms with E-state index in [1.165, 1.54) is 0 Å². The van der Waals surface area contributed by atoms with Crippen LogP contribution in [0.15, 0.2) is 27.6 Å². The molecule has 0 fully saturated rings. The van der Waals surface area contributed by atoms with Gasteiger partial charge in [-0.25, -0.2) is 0 Å². The molecule has 2 heterocycles. The number of hydrogen-bond donors (Lipinski definition) is 1. The third-order valence-corrected chi connectivity index (χ3v) is 4.61. The molecule has 4 nitrogen and oxygen atoms in total. The Bertz CT molecular complexity index is 795. The van der Waals surface area contributed by atoms with Gasteiger partial charge in [0.1, 0.15) is 5.56 Å². The van der Waals surface area contributed by atoms with Crippen molar-refractivity contribution >= 4 is 32.7 Å². The van der Waals surface area contributed by atoms with Crippen molar-refractivity contribution in [2.75, 3.05) is 6.54 Å². The van der Waals surface area contributed by atoms with Gasteiger partial charge in [-0.15, -0.1) is 0 Å². The lowest BCUT2D eigenvalue weighted by Crippen LogP contribution is -2.30. The number of aryl methyl sites for hydroxylation is 2. The molecule has 116 valence electrons. The molecule has 0 saturated carbocycles. The van der Waals surface area contributed by atoms with E-state index >= 15 is 0 Å². The summed E-state index contributed by atoms with van der Waals surface area (Å²) >= 11 is 3.45. The predicted molar refractivity (Wildman–Crippen MR) is 91.5 cm³/mol. The number of rotatable bonds is 5. The third-order valence-electron chi connectivity index (χ3n) is 4.15. The standard InChI is InChI=1S/C17H19BrN2O2/c1-2-3-4-6-19-17(22)14-10-20-7-5-11-8-12(18)9-13(15(11)20)16(14)21/h8-10H,2-7H2,1H3,(H,19,22). The highest BCUT2D eigenvalue weighted by Gasteiger charge is 2.20. The smallest absolute Gasteiger partial charge is 0.256 e. The highest BCUT2D eigenvalue weighted by Crippen LogP contribution is 2.28. The van der Waals surface area contributed by atoms with Crippen molar-refractivity contribution in [1.29, 1.82) is 0 Å². The zero-order valence-electron chi connectivity index (χ0n) is 12.6. The number of aromatic nitrogens is 1. The van der Waals surface area contributed by atoms with Gasteiger partial charge >= 0.3 is 0 Å². The zero-order valence-corrected chi connectivity index (χ0v) is 14.2. The first-order valence-corrected chi connectivity index (χ1v) is 8.55. The molecule has 1 N–H and O–H groups in total. The first-order chi connectivity index (χ1) is 10.6. The van der Waals surface area contributed by atoms with Crippen LogP contribution in [0.1, 0.15) is 42.1 Å². The normalized spacial score (nSPS) is 12.8. The Balaban J connectivity index is 1.97. The van der Waals surface area contributed by atoms with Crippen LogP contribution >= 0.6 is 15.9 Å². The van der Waals surface area contributed by atoms with Crippen LogP contribution in [0.3, 0.4) is 0 Å². The quantitative estimate of drug-likeness (QED) is 0.830. The number of unbranched alkanes of at least 4 members (excludes halogenated alkanes) is 2. The molecule has 0 radical (unpaired) electrons. The SMILES string of the molecule is CCCCCNC(=O)c1cn2c3c(cc(Br)cc3c1=O)CC2. The molecular formula is C17H19BrN2O2. The summed E-state index contributed by atoms with van der Waals surface area (Å²) in [5.41, 5.74) is 2.20. The Morgan fingerprint density at radius 3 is 2.95 bits per heavy atom. The lowest BCUT2D eigenvalue weighted by atomic mass is 10.1. The molecule has 5 heteroatoms. The second kappa shape index (κ2) is 6.24. The fourth-order valence-electron chi connectivity index (χ4n) is 3.03. The van der Waals surface area contributed by atoms with E-state index in [1.807, 2.05) is 10.6 Å². The molecule has 0 aliphatic carbocycles. The van der Waals surface area contributed by atoms with Crippen LogP contribution in [-0.2, 0) is 13.0 Å². The summed E-state index contributed by atoms with van der Waals surface area (Å²) in [5.74, 6) is -0.264. The van der Waals surface area contributed by atoms with Gasteiger partial charge in [0, 0.05) is 29.1 Å². The van der Waals surface area contributed by atoms with Crippen LogP contribution in [0.5, 0.6) is 0 Å².